The molecule has 24 heavy (non-hydrogen) atoms. The molecule has 0 unspecified atom stereocenters. The standard InChI is InChI=1S/C16H23N5O3/c1-12-8-13(17-24-12)10-20-4-6-21(7-5-20)11-14-9-15(22)19(3)16(23)18(14)2/h8-9H,4-7,10-11H2,1-3H3. The highest BCUT2D eigenvalue weighted by Gasteiger charge is 2.19. The zero-order valence-corrected chi connectivity index (χ0v) is 14.4. The molecule has 0 spiro atoms. The van der Waals surface area contributed by atoms with Crippen molar-refractivity contribution in [3.63, 3.8) is 0 Å². The molecule has 1 aliphatic rings. The van der Waals surface area contributed by atoms with Crippen molar-refractivity contribution in [2.24, 2.45) is 14.1 Å². The van der Waals surface area contributed by atoms with E-state index in [0.717, 1.165) is 54.4 Å². The van der Waals surface area contributed by atoms with Gasteiger partial charge in [-0.05, 0) is 6.92 Å². The fraction of sp³-hybridized carbons (Fsp3) is 0.562. The second-order valence-corrected chi connectivity index (χ2v) is 6.36. The van der Waals surface area contributed by atoms with Gasteiger partial charge in [-0.15, -0.1) is 0 Å². The SMILES string of the molecule is Cc1cc(CN2CCN(Cc3cc(=O)n(C)c(=O)n3C)CC2)no1. The summed E-state index contributed by atoms with van der Waals surface area (Å²) < 4.78 is 7.77. The number of piperazine rings is 1. The smallest absolute Gasteiger partial charge is 0.330 e. The maximum absolute atomic E-state index is 12.0. The molecular formula is C16H23N5O3. The Kier molecular flexibility index (Phi) is 4.68. The van der Waals surface area contributed by atoms with Crippen LogP contribution in [0.15, 0.2) is 26.2 Å². The molecule has 0 atom stereocenters. The first-order valence-electron chi connectivity index (χ1n) is 8.07. The Labute approximate surface area is 139 Å². The second kappa shape index (κ2) is 6.74. The number of aromatic nitrogens is 3. The Morgan fingerprint density at radius 2 is 1.62 bits per heavy atom. The summed E-state index contributed by atoms with van der Waals surface area (Å²) in [6, 6.07) is 3.51. The molecule has 2 aromatic rings. The molecule has 8 heteroatoms. The lowest BCUT2D eigenvalue weighted by atomic mass is 10.2. The molecule has 1 fully saturated rings. The first-order valence-corrected chi connectivity index (χ1v) is 8.07. The molecule has 0 saturated carbocycles. The van der Waals surface area contributed by atoms with Crippen molar-refractivity contribution in [3.05, 3.63) is 50.1 Å². The van der Waals surface area contributed by atoms with Crippen LogP contribution in [0.4, 0.5) is 0 Å². The lowest BCUT2D eigenvalue weighted by Gasteiger charge is -2.34. The van der Waals surface area contributed by atoms with E-state index in [1.807, 2.05) is 13.0 Å². The van der Waals surface area contributed by atoms with Crippen LogP contribution in [-0.2, 0) is 27.2 Å². The van der Waals surface area contributed by atoms with E-state index in [9.17, 15) is 9.59 Å². The summed E-state index contributed by atoms with van der Waals surface area (Å²) in [4.78, 5) is 28.4. The van der Waals surface area contributed by atoms with Crippen LogP contribution in [0.2, 0.25) is 0 Å². The van der Waals surface area contributed by atoms with Gasteiger partial charge in [0.1, 0.15) is 5.76 Å². The summed E-state index contributed by atoms with van der Waals surface area (Å²) in [5.41, 5.74) is 1.17. The van der Waals surface area contributed by atoms with Gasteiger partial charge in [-0.3, -0.25) is 23.7 Å². The summed E-state index contributed by atoms with van der Waals surface area (Å²) in [6.45, 7) is 6.91. The zero-order valence-electron chi connectivity index (χ0n) is 14.4. The van der Waals surface area contributed by atoms with Crippen LogP contribution in [0.5, 0.6) is 0 Å². The van der Waals surface area contributed by atoms with E-state index in [1.165, 1.54) is 7.05 Å². The van der Waals surface area contributed by atoms with Crippen molar-refractivity contribution >= 4 is 0 Å². The first-order chi connectivity index (χ1) is 11.4. The van der Waals surface area contributed by atoms with Crippen LogP contribution < -0.4 is 11.2 Å². The van der Waals surface area contributed by atoms with Gasteiger partial charge in [0, 0.05) is 71.2 Å². The molecule has 0 aliphatic carbocycles. The van der Waals surface area contributed by atoms with Crippen LogP contribution in [0.25, 0.3) is 0 Å². The van der Waals surface area contributed by atoms with Crippen LogP contribution >= 0.6 is 0 Å². The molecule has 0 amide bonds. The number of aryl methyl sites for hydroxylation is 1. The van der Waals surface area contributed by atoms with Gasteiger partial charge in [0.25, 0.3) is 5.56 Å². The predicted octanol–water partition coefficient (Wildman–Crippen LogP) is -0.302. The Balaban J connectivity index is 1.60. The van der Waals surface area contributed by atoms with E-state index in [-0.39, 0.29) is 11.2 Å². The maximum atomic E-state index is 12.0. The van der Waals surface area contributed by atoms with E-state index < -0.39 is 0 Å². The molecule has 1 aliphatic heterocycles. The molecular weight excluding hydrogens is 310 g/mol. The van der Waals surface area contributed by atoms with Gasteiger partial charge in [0.15, 0.2) is 0 Å². The monoisotopic (exact) mass is 333 g/mol. The Hall–Kier alpha value is -2.19. The topological polar surface area (TPSA) is 76.5 Å². The van der Waals surface area contributed by atoms with Crippen molar-refractivity contribution in [1.82, 2.24) is 24.1 Å². The summed E-state index contributed by atoms with van der Waals surface area (Å²) >= 11 is 0. The minimum absolute atomic E-state index is 0.256. The normalized spacial score (nSPS) is 16.6. The van der Waals surface area contributed by atoms with Crippen LogP contribution in [0, 0.1) is 6.92 Å². The van der Waals surface area contributed by atoms with E-state index >= 15 is 0 Å². The molecule has 130 valence electrons. The summed E-state index contributed by atoms with van der Waals surface area (Å²) in [7, 11) is 3.21. The van der Waals surface area contributed by atoms with Crippen LogP contribution in [0.3, 0.4) is 0 Å². The lowest BCUT2D eigenvalue weighted by molar-refractivity contribution is 0.118. The van der Waals surface area contributed by atoms with Gasteiger partial charge in [-0.2, -0.15) is 0 Å². The Morgan fingerprint density at radius 1 is 1.00 bits per heavy atom. The number of rotatable bonds is 4. The Bertz CT molecular complexity index is 827. The molecule has 0 radical (unpaired) electrons. The van der Waals surface area contributed by atoms with Gasteiger partial charge in [-0.1, -0.05) is 5.16 Å². The second-order valence-electron chi connectivity index (χ2n) is 6.36. The predicted molar refractivity (Wildman–Crippen MR) is 88.7 cm³/mol. The summed E-state index contributed by atoms with van der Waals surface area (Å²) in [5.74, 6) is 0.829. The van der Waals surface area contributed by atoms with Crippen molar-refractivity contribution in [2.45, 2.75) is 20.0 Å². The third kappa shape index (κ3) is 3.49. The molecule has 2 aromatic heterocycles. The van der Waals surface area contributed by atoms with E-state index in [4.69, 9.17) is 4.52 Å². The van der Waals surface area contributed by atoms with Crippen molar-refractivity contribution in [2.75, 3.05) is 26.2 Å². The molecule has 3 rings (SSSR count). The van der Waals surface area contributed by atoms with E-state index in [2.05, 4.69) is 15.0 Å². The fourth-order valence-electron chi connectivity index (χ4n) is 2.99. The quantitative estimate of drug-likeness (QED) is 0.764. The Morgan fingerprint density at radius 3 is 2.21 bits per heavy atom. The molecule has 0 N–H and O–H groups in total. The van der Waals surface area contributed by atoms with Gasteiger partial charge >= 0.3 is 5.69 Å². The van der Waals surface area contributed by atoms with Gasteiger partial charge in [-0.25, -0.2) is 4.79 Å². The fourth-order valence-corrected chi connectivity index (χ4v) is 2.99. The van der Waals surface area contributed by atoms with Crippen LogP contribution in [0.1, 0.15) is 17.1 Å². The number of hydrogen-bond donors (Lipinski definition) is 0. The zero-order chi connectivity index (χ0) is 17.3. The molecule has 0 bridgehead atoms. The van der Waals surface area contributed by atoms with Crippen molar-refractivity contribution in [1.29, 1.82) is 0 Å². The van der Waals surface area contributed by atoms with Crippen molar-refractivity contribution < 1.29 is 4.52 Å². The third-order valence-corrected chi connectivity index (χ3v) is 4.54. The minimum Gasteiger partial charge on any atom is -0.361 e. The highest BCUT2D eigenvalue weighted by Crippen LogP contribution is 2.10. The number of hydrogen-bond acceptors (Lipinski definition) is 6. The molecule has 3 heterocycles. The van der Waals surface area contributed by atoms with Gasteiger partial charge < -0.3 is 4.52 Å². The summed E-state index contributed by atoms with van der Waals surface area (Å²) in [6.07, 6.45) is 0. The minimum atomic E-state index is -0.280. The summed E-state index contributed by atoms with van der Waals surface area (Å²) in [5, 5.41) is 4.03. The lowest BCUT2D eigenvalue weighted by Crippen LogP contribution is -2.46. The number of nitrogens with zero attached hydrogens (tertiary/aromatic N) is 5. The van der Waals surface area contributed by atoms with Gasteiger partial charge in [0.2, 0.25) is 0 Å². The van der Waals surface area contributed by atoms with E-state index in [0.29, 0.717) is 6.54 Å². The average molecular weight is 333 g/mol. The molecule has 0 aromatic carbocycles. The first kappa shape index (κ1) is 16.7. The third-order valence-electron chi connectivity index (χ3n) is 4.54. The van der Waals surface area contributed by atoms with Crippen LogP contribution in [-0.4, -0.2) is 50.3 Å². The molecule has 1 saturated heterocycles. The average Bonchev–Trinajstić information content (AvgIpc) is 2.97. The highest BCUT2D eigenvalue weighted by molar-refractivity contribution is 5.04. The van der Waals surface area contributed by atoms with Gasteiger partial charge in [0.05, 0.1) is 5.69 Å². The largest absolute Gasteiger partial charge is 0.361 e. The van der Waals surface area contributed by atoms with E-state index in [1.54, 1.807) is 17.7 Å². The maximum Gasteiger partial charge on any atom is 0.330 e. The molecule has 8 nitrogen and oxygen atoms in total. The highest BCUT2D eigenvalue weighted by atomic mass is 16.5. The van der Waals surface area contributed by atoms with Crippen molar-refractivity contribution in [3.8, 4) is 0 Å².